The molecule has 0 saturated carbocycles. The fraction of sp³-hybridized carbons (Fsp3) is 0.364. The number of methoxy groups -OCH3 is 1. The van der Waals surface area contributed by atoms with Gasteiger partial charge in [-0.15, -0.1) is 0 Å². The van der Waals surface area contributed by atoms with E-state index in [0.717, 1.165) is 10.2 Å². The van der Waals surface area contributed by atoms with Crippen molar-refractivity contribution in [2.75, 3.05) is 26.8 Å². The van der Waals surface area contributed by atoms with E-state index < -0.39 is 0 Å². The number of benzene rings is 1. The molecule has 1 rings (SSSR count). The predicted octanol–water partition coefficient (Wildman–Crippen LogP) is 1.59. The third-order valence-electron chi connectivity index (χ3n) is 1.84. The molecular formula is C11H14BrNO3. The molecule has 0 bridgehead atoms. The quantitative estimate of drug-likeness (QED) is 0.638. The van der Waals surface area contributed by atoms with Gasteiger partial charge in [0.25, 0.3) is 0 Å². The lowest BCUT2D eigenvalue weighted by atomic mass is 10.3. The summed E-state index contributed by atoms with van der Waals surface area (Å²) in [6.45, 7) is 1.31. The van der Waals surface area contributed by atoms with Crippen LogP contribution in [0.3, 0.4) is 0 Å². The molecule has 0 aliphatic rings. The van der Waals surface area contributed by atoms with Crippen molar-refractivity contribution in [1.82, 2.24) is 5.32 Å². The van der Waals surface area contributed by atoms with Crippen molar-refractivity contribution in [3.05, 3.63) is 28.7 Å². The zero-order chi connectivity index (χ0) is 11.8. The van der Waals surface area contributed by atoms with Crippen molar-refractivity contribution in [2.45, 2.75) is 0 Å². The van der Waals surface area contributed by atoms with Gasteiger partial charge in [-0.25, -0.2) is 0 Å². The maximum absolute atomic E-state index is 10.8. The minimum absolute atomic E-state index is 0.207. The van der Waals surface area contributed by atoms with Crippen LogP contribution in [-0.2, 0) is 9.53 Å². The van der Waals surface area contributed by atoms with Crippen molar-refractivity contribution < 1.29 is 14.3 Å². The minimum atomic E-state index is -0.276. The standard InChI is InChI=1S/C11H14BrNO3/c1-15-11(14)8-13-5-6-16-10-4-2-3-9(12)7-10/h2-4,7,13H,5-6,8H2,1H3. The Bertz CT molecular complexity index is 344. The number of carbonyl (C=O) groups is 1. The Morgan fingerprint density at radius 2 is 2.31 bits per heavy atom. The molecule has 1 aromatic rings. The first kappa shape index (κ1) is 13.0. The fourth-order valence-corrected chi connectivity index (χ4v) is 1.44. The van der Waals surface area contributed by atoms with Gasteiger partial charge in [-0.05, 0) is 18.2 Å². The van der Waals surface area contributed by atoms with Gasteiger partial charge in [0, 0.05) is 11.0 Å². The van der Waals surface area contributed by atoms with Crippen molar-refractivity contribution in [2.24, 2.45) is 0 Å². The molecule has 0 aromatic heterocycles. The summed E-state index contributed by atoms with van der Waals surface area (Å²) in [5.74, 6) is 0.525. The number of nitrogens with one attached hydrogen (secondary N) is 1. The Hall–Kier alpha value is -1.07. The molecule has 0 spiro atoms. The van der Waals surface area contributed by atoms with Crippen molar-refractivity contribution >= 4 is 21.9 Å². The third kappa shape index (κ3) is 5.14. The molecule has 1 aromatic carbocycles. The van der Waals surface area contributed by atoms with Gasteiger partial charge < -0.3 is 14.8 Å². The molecule has 0 unspecified atom stereocenters. The highest BCUT2D eigenvalue weighted by Crippen LogP contribution is 2.17. The van der Waals surface area contributed by atoms with Gasteiger partial charge >= 0.3 is 5.97 Å². The van der Waals surface area contributed by atoms with E-state index in [0.29, 0.717) is 13.2 Å². The molecule has 0 saturated heterocycles. The highest BCUT2D eigenvalue weighted by atomic mass is 79.9. The van der Waals surface area contributed by atoms with Crippen LogP contribution in [0.5, 0.6) is 5.75 Å². The summed E-state index contributed by atoms with van der Waals surface area (Å²) in [4.78, 5) is 10.8. The maximum Gasteiger partial charge on any atom is 0.319 e. The average Bonchev–Trinajstić information content (AvgIpc) is 2.28. The van der Waals surface area contributed by atoms with E-state index in [-0.39, 0.29) is 12.5 Å². The van der Waals surface area contributed by atoms with Gasteiger partial charge in [0.15, 0.2) is 0 Å². The average molecular weight is 288 g/mol. The Kier molecular flexibility index (Phi) is 5.88. The van der Waals surface area contributed by atoms with E-state index in [2.05, 4.69) is 26.0 Å². The molecular weight excluding hydrogens is 274 g/mol. The van der Waals surface area contributed by atoms with Crippen LogP contribution in [0.15, 0.2) is 28.7 Å². The van der Waals surface area contributed by atoms with Crippen LogP contribution in [-0.4, -0.2) is 32.8 Å². The first-order valence-electron chi connectivity index (χ1n) is 4.88. The van der Waals surface area contributed by atoms with Gasteiger partial charge in [-0.1, -0.05) is 22.0 Å². The Morgan fingerprint density at radius 3 is 3.00 bits per heavy atom. The van der Waals surface area contributed by atoms with E-state index in [1.165, 1.54) is 7.11 Å². The number of carbonyl (C=O) groups excluding carboxylic acids is 1. The van der Waals surface area contributed by atoms with Crippen molar-refractivity contribution in [3.63, 3.8) is 0 Å². The first-order valence-corrected chi connectivity index (χ1v) is 5.67. The summed E-state index contributed by atoms with van der Waals surface area (Å²) in [7, 11) is 1.36. The van der Waals surface area contributed by atoms with Crippen LogP contribution < -0.4 is 10.1 Å². The van der Waals surface area contributed by atoms with E-state index in [4.69, 9.17) is 4.74 Å². The second kappa shape index (κ2) is 7.24. The zero-order valence-corrected chi connectivity index (χ0v) is 10.6. The molecule has 0 aliphatic heterocycles. The monoisotopic (exact) mass is 287 g/mol. The summed E-state index contributed by atoms with van der Waals surface area (Å²) < 4.78 is 10.9. The summed E-state index contributed by atoms with van der Waals surface area (Å²) in [6, 6.07) is 7.61. The maximum atomic E-state index is 10.8. The molecule has 0 atom stereocenters. The third-order valence-corrected chi connectivity index (χ3v) is 2.33. The van der Waals surface area contributed by atoms with E-state index in [9.17, 15) is 4.79 Å². The van der Waals surface area contributed by atoms with Crippen LogP contribution in [0, 0.1) is 0 Å². The van der Waals surface area contributed by atoms with Crippen molar-refractivity contribution in [3.8, 4) is 5.75 Å². The summed E-state index contributed by atoms with van der Waals surface area (Å²) in [5.41, 5.74) is 0. The zero-order valence-electron chi connectivity index (χ0n) is 9.03. The lowest BCUT2D eigenvalue weighted by Crippen LogP contribution is -2.27. The van der Waals surface area contributed by atoms with Crippen LogP contribution in [0.25, 0.3) is 0 Å². The lowest BCUT2D eigenvalue weighted by Gasteiger charge is -2.07. The summed E-state index contributed by atoms with van der Waals surface area (Å²) in [5, 5.41) is 2.91. The Balaban J connectivity index is 2.14. The summed E-state index contributed by atoms with van der Waals surface area (Å²) >= 11 is 3.36. The fourth-order valence-electron chi connectivity index (χ4n) is 1.06. The van der Waals surface area contributed by atoms with Gasteiger partial charge in [0.1, 0.15) is 12.4 Å². The molecule has 0 fully saturated rings. The van der Waals surface area contributed by atoms with Gasteiger partial charge in [0.2, 0.25) is 0 Å². The number of ether oxygens (including phenoxy) is 2. The van der Waals surface area contributed by atoms with Crippen LogP contribution in [0.2, 0.25) is 0 Å². The molecule has 0 heterocycles. The van der Waals surface area contributed by atoms with Gasteiger partial charge in [-0.3, -0.25) is 4.79 Å². The lowest BCUT2D eigenvalue weighted by molar-refractivity contribution is -0.139. The van der Waals surface area contributed by atoms with Crippen LogP contribution in [0.4, 0.5) is 0 Å². The number of esters is 1. The largest absolute Gasteiger partial charge is 0.492 e. The highest BCUT2D eigenvalue weighted by molar-refractivity contribution is 9.10. The predicted molar refractivity (Wildman–Crippen MR) is 64.5 cm³/mol. The Morgan fingerprint density at radius 1 is 1.50 bits per heavy atom. The minimum Gasteiger partial charge on any atom is -0.492 e. The molecule has 4 nitrogen and oxygen atoms in total. The molecule has 88 valence electrons. The number of hydrogen-bond donors (Lipinski definition) is 1. The van der Waals surface area contributed by atoms with Gasteiger partial charge in [-0.2, -0.15) is 0 Å². The molecule has 0 aliphatic carbocycles. The van der Waals surface area contributed by atoms with E-state index >= 15 is 0 Å². The molecule has 0 radical (unpaired) electrons. The highest BCUT2D eigenvalue weighted by Gasteiger charge is 1.98. The van der Waals surface area contributed by atoms with Crippen LogP contribution in [0.1, 0.15) is 0 Å². The van der Waals surface area contributed by atoms with Gasteiger partial charge in [0.05, 0.1) is 13.7 Å². The molecule has 1 N–H and O–H groups in total. The SMILES string of the molecule is COC(=O)CNCCOc1cccc(Br)c1. The van der Waals surface area contributed by atoms with E-state index in [1.807, 2.05) is 24.3 Å². The first-order chi connectivity index (χ1) is 7.72. The molecule has 16 heavy (non-hydrogen) atoms. The number of hydrogen-bond acceptors (Lipinski definition) is 4. The normalized spacial score (nSPS) is 9.88. The number of halogens is 1. The smallest absolute Gasteiger partial charge is 0.319 e. The van der Waals surface area contributed by atoms with E-state index in [1.54, 1.807) is 0 Å². The topological polar surface area (TPSA) is 47.6 Å². The Labute approximate surface area is 103 Å². The summed E-state index contributed by atoms with van der Waals surface area (Å²) in [6.07, 6.45) is 0. The second-order valence-electron chi connectivity index (χ2n) is 3.06. The van der Waals surface area contributed by atoms with Crippen LogP contribution >= 0.6 is 15.9 Å². The second-order valence-corrected chi connectivity index (χ2v) is 3.97. The molecule has 5 heteroatoms. The number of rotatable bonds is 6. The van der Waals surface area contributed by atoms with Crippen molar-refractivity contribution in [1.29, 1.82) is 0 Å². The molecule has 0 amide bonds.